The summed E-state index contributed by atoms with van der Waals surface area (Å²) in [5.74, 6) is 0.529. The maximum Gasteiger partial charge on any atom is 0.240 e. The van der Waals surface area contributed by atoms with Crippen molar-refractivity contribution in [2.75, 3.05) is 7.11 Å². The Morgan fingerprint density at radius 3 is 2.35 bits per heavy atom. The first kappa shape index (κ1) is 11.5. The smallest absolute Gasteiger partial charge is 0.240 e. The second-order valence-electron chi connectivity index (χ2n) is 3.82. The maximum atomic E-state index is 5.81. The van der Waals surface area contributed by atoms with Crippen LogP contribution in [0.4, 0.5) is 0 Å². The van der Waals surface area contributed by atoms with E-state index in [0.29, 0.717) is 5.88 Å². The number of aromatic nitrogens is 2. The Labute approximate surface area is 100 Å². The molecule has 88 valence electrons. The molecule has 0 saturated carbocycles. The first-order valence-electron chi connectivity index (χ1n) is 5.43. The molecule has 1 aromatic carbocycles. The van der Waals surface area contributed by atoms with Gasteiger partial charge in [0.25, 0.3) is 0 Å². The highest BCUT2D eigenvalue weighted by atomic mass is 16.5. The van der Waals surface area contributed by atoms with Gasteiger partial charge >= 0.3 is 0 Å². The van der Waals surface area contributed by atoms with Gasteiger partial charge in [0.15, 0.2) is 0 Å². The number of methoxy groups -OCH3 is 1. The van der Waals surface area contributed by atoms with Crippen molar-refractivity contribution in [2.24, 2.45) is 5.73 Å². The Hall–Kier alpha value is -1.94. The molecule has 1 unspecified atom stereocenters. The Balaban J connectivity index is 2.40. The lowest BCUT2D eigenvalue weighted by atomic mass is 10.1. The Kier molecular flexibility index (Phi) is 3.35. The van der Waals surface area contributed by atoms with E-state index < -0.39 is 0 Å². The van der Waals surface area contributed by atoms with Gasteiger partial charge < -0.3 is 10.5 Å². The molecule has 2 rings (SSSR count). The van der Waals surface area contributed by atoms with Crippen molar-refractivity contribution in [1.29, 1.82) is 0 Å². The van der Waals surface area contributed by atoms with Gasteiger partial charge in [-0.25, -0.2) is 9.97 Å². The van der Waals surface area contributed by atoms with E-state index in [2.05, 4.69) is 9.97 Å². The molecule has 1 heterocycles. The lowest BCUT2D eigenvalue weighted by molar-refractivity contribution is 0.398. The lowest BCUT2D eigenvalue weighted by Gasteiger charge is -2.08. The van der Waals surface area contributed by atoms with E-state index in [4.69, 9.17) is 10.5 Å². The van der Waals surface area contributed by atoms with Crippen LogP contribution in [0.1, 0.15) is 18.5 Å². The van der Waals surface area contributed by atoms with Crippen molar-refractivity contribution in [3.63, 3.8) is 0 Å². The molecule has 0 saturated heterocycles. The number of nitrogens with zero attached hydrogens (tertiary/aromatic N) is 2. The molecule has 0 aliphatic rings. The van der Waals surface area contributed by atoms with E-state index in [9.17, 15) is 0 Å². The Morgan fingerprint density at radius 1 is 1.12 bits per heavy atom. The van der Waals surface area contributed by atoms with Crippen LogP contribution in [0.15, 0.2) is 36.7 Å². The van der Waals surface area contributed by atoms with Gasteiger partial charge in [-0.15, -0.1) is 0 Å². The highest BCUT2D eigenvalue weighted by Gasteiger charge is 2.08. The van der Waals surface area contributed by atoms with Crippen molar-refractivity contribution in [1.82, 2.24) is 9.97 Å². The minimum atomic E-state index is 0.0350. The van der Waals surface area contributed by atoms with Crippen molar-refractivity contribution >= 4 is 0 Å². The number of nitrogens with two attached hydrogens (primary N) is 1. The number of hydrogen-bond donors (Lipinski definition) is 1. The van der Waals surface area contributed by atoms with Crippen LogP contribution >= 0.6 is 0 Å². The summed E-state index contributed by atoms with van der Waals surface area (Å²) in [7, 11) is 1.59. The summed E-state index contributed by atoms with van der Waals surface area (Å²) in [4.78, 5) is 8.40. The normalized spacial score (nSPS) is 12.2. The number of rotatable bonds is 3. The van der Waals surface area contributed by atoms with E-state index in [1.807, 2.05) is 31.2 Å². The predicted octanol–water partition coefficient (Wildman–Crippen LogP) is 2.17. The summed E-state index contributed by atoms with van der Waals surface area (Å²) in [5.41, 5.74) is 8.61. The van der Waals surface area contributed by atoms with Crippen LogP contribution < -0.4 is 10.5 Å². The molecule has 1 aromatic heterocycles. The molecule has 2 aromatic rings. The second kappa shape index (κ2) is 4.93. The van der Waals surface area contributed by atoms with Crippen molar-refractivity contribution in [3.05, 3.63) is 42.2 Å². The fourth-order valence-electron chi connectivity index (χ4n) is 1.62. The largest absolute Gasteiger partial charge is 0.479 e. The van der Waals surface area contributed by atoms with Gasteiger partial charge in [0.2, 0.25) is 5.88 Å². The quantitative estimate of drug-likeness (QED) is 0.876. The predicted molar refractivity (Wildman–Crippen MR) is 66.6 cm³/mol. The van der Waals surface area contributed by atoms with Gasteiger partial charge in [-0.3, -0.25) is 0 Å². The van der Waals surface area contributed by atoms with Crippen LogP contribution in [0, 0.1) is 0 Å². The molecular formula is C13H15N3O. The van der Waals surface area contributed by atoms with Crippen molar-refractivity contribution < 1.29 is 4.74 Å². The molecule has 17 heavy (non-hydrogen) atoms. The fraction of sp³-hybridized carbons (Fsp3) is 0.231. The molecule has 0 aliphatic carbocycles. The van der Waals surface area contributed by atoms with Crippen LogP contribution in [-0.4, -0.2) is 17.1 Å². The van der Waals surface area contributed by atoms with Gasteiger partial charge in [0.05, 0.1) is 7.11 Å². The van der Waals surface area contributed by atoms with Gasteiger partial charge in [0.1, 0.15) is 5.69 Å². The van der Waals surface area contributed by atoms with Crippen LogP contribution in [-0.2, 0) is 0 Å². The molecule has 0 fully saturated rings. The third kappa shape index (κ3) is 2.42. The van der Waals surface area contributed by atoms with E-state index in [0.717, 1.165) is 16.8 Å². The summed E-state index contributed by atoms with van der Waals surface area (Å²) >= 11 is 0. The zero-order chi connectivity index (χ0) is 12.3. The molecule has 0 spiro atoms. The highest BCUT2D eigenvalue weighted by molar-refractivity contribution is 5.64. The molecule has 0 bridgehead atoms. The summed E-state index contributed by atoms with van der Waals surface area (Å²) in [6, 6.07) is 7.98. The van der Waals surface area contributed by atoms with Gasteiger partial charge in [-0.1, -0.05) is 24.3 Å². The van der Waals surface area contributed by atoms with E-state index in [1.54, 1.807) is 19.5 Å². The standard InChI is InChI=1S/C13H15N3O/c1-9(14)10-3-5-11(6-4-10)12-13(17-2)16-8-7-15-12/h3-9H,14H2,1-2H3. The minimum absolute atomic E-state index is 0.0350. The molecular weight excluding hydrogens is 214 g/mol. The van der Waals surface area contributed by atoms with Crippen molar-refractivity contribution in [3.8, 4) is 17.1 Å². The molecule has 0 aliphatic heterocycles. The average molecular weight is 229 g/mol. The first-order valence-corrected chi connectivity index (χ1v) is 5.43. The fourth-order valence-corrected chi connectivity index (χ4v) is 1.62. The Morgan fingerprint density at radius 2 is 1.76 bits per heavy atom. The number of hydrogen-bond acceptors (Lipinski definition) is 4. The summed E-state index contributed by atoms with van der Waals surface area (Å²) < 4.78 is 5.18. The average Bonchev–Trinajstić information content (AvgIpc) is 2.39. The molecule has 4 nitrogen and oxygen atoms in total. The van der Waals surface area contributed by atoms with Crippen LogP contribution in [0.3, 0.4) is 0 Å². The third-order valence-electron chi connectivity index (χ3n) is 2.57. The third-order valence-corrected chi connectivity index (χ3v) is 2.57. The monoisotopic (exact) mass is 229 g/mol. The van der Waals surface area contributed by atoms with Gasteiger partial charge in [-0.2, -0.15) is 0 Å². The summed E-state index contributed by atoms with van der Waals surface area (Å²) in [6.07, 6.45) is 3.26. The van der Waals surface area contributed by atoms with Crippen LogP contribution in [0.2, 0.25) is 0 Å². The van der Waals surface area contributed by atoms with Gasteiger partial charge in [-0.05, 0) is 12.5 Å². The van der Waals surface area contributed by atoms with E-state index in [-0.39, 0.29) is 6.04 Å². The lowest BCUT2D eigenvalue weighted by Crippen LogP contribution is -2.04. The topological polar surface area (TPSA) is 61.0 Å². The summed E-state index contributed by atoms with van der Waals surface area (Å²) in [5, 5.41) is 0. The number of benzene rings is 1. The zero-order valence-corrected chi connectivity index (χ0v) is 9.92. The van der Waals surface area contributed by atoms with Gasteiger partial charge in [0, 0.05) is 24.0 Å². The zero-order valence-electron chi connectivity index (χ0n) is 9.92. The van der Waals surface area contributed by atoms with Crippen molar-refractivity contribution in [2.45, 2.75) is 13.0 Å². The summed E-state index contributed by atoms with van der Waals surface area (Å²) in [6.45, 7) is 1.96. The van der Waals surface area contributed by atoms with Crippen LogP contribution in [0.5, 0.6) is 5.88 Å². The first-order chi connectivity index (χ1) is 8.22. The van der Waals surface area contributed by atoms with E-state index in [1.165, 1.54) is 0 Å². The minimum Gasteiger partial charge on any atom is -0.479 e. The highest BCUT2D eigenvalue weighted by Crippen LogP contribution is 2.25. The van der Waals surface area contributed by atoms with E-state index >= 15 is 0 Å². The molecule has 1 atom stereocenters. The van der Waals surface area contributed by atoms with Crippen LogP contribution in [0.25, 0.3) is 11.3 Å². The second-order valence-corrected chi connectivity index (χ2v) is 3.82. The molecule has 4 heteroatoms. The molecule has 0 radical (unpaired) electrons. The number of ether oxygens (including phenoxy) is 1. The Bertz CT molecular complexity index is 494. The SMILES string of the molecule is COc1nccnc1-c1ccc(C(C)N)cc1. The molecule has 0 amide bonds. The molecule has 2 N–H and O–H groups in total. The maximum absolute atomic E-state index is 5.81.